The van der Waals surface area contributed by atoms with Gasteiger partial charge in [-0.1, -0.05) is 39.3 Å². The third-order valence-corrected chi connectivity index (χ3v) is 11.3. The third kappa shape index (κ3) is 2.55. The van der Waals surface area contributed by atoms with Gasteiger partial charge in [0.05, 0.1) is 18.8 Å². The van der Waals surface area contributed by atoms with Crippen LogP contribution in [0.1, 0.15) is 85.5 Å². The molecule has 30 heavy (non-hydrogen) atoms. The minimum atomic E-state index is -0.294. The summed E-state index contributed by atoms with van der Waals surface area (Å²) in [5, 5.41) is 10.3. The second-order valence-electron chi connectivity index (χ2n) is 12.7. The van der Waals surface area contributed by atoms with Gasteiger partial charge in [0.2, 0.25) is 0 Å². The van der Waals surface area contributed by atoms with Gasteiger partial charge < -0.3 is 14.6 Å². The van der Waals surface area contributed by atoms with E-state index in [1.54, 1.807) is 5.57 Å². The summed E-state index contributed by atoms with van der Waals surface area (Å²) in [6.45, 7) is 10.8. The fourth-order valence-corrected chi connectivity index (χ4v) is 9.66. The van der Waals surface area contributed by atoms with Crippen LogP contribution < -0.4 is 0 Å². The lowest BCUT2D eigenvalue weighted by Crippen LogP contribution is -2.52. The van der Waals surface area contributed by atoms with Crippen LogP contribution in [0.2, 0.25) is 0 Å². The number of aliphatic hydroxyl groups is 1. The Labute approximate surface area is 183 Å². The van der Waals surface area contributed by atoms with Gasteiger partial charge >= 0.3 is 0 Å². The summed E-state index contributed by atoms with van der Waals surface area (Å²) in [5.41, 5.74) is 2.31. The van der Waals surface area contributed by atoms with E-state index in [1.807, 2.05) is 0 Å². The molecule has 1 spiro atoms. The molecule has 0 radical (unpaired) electrons. The molecule has 0 unspecified atom stereocenters. The molecule has 2 saturated heterocycles. The maximum Gasteiger partial charge on any atom is 0.171 e. The van der Waals surface area contributed by atoms with Crippen LogP contribution in [0.5, 0.6) is 0 Å². The zero-order valence-corrected chi connectivity index (χ0v) is 19.5. The summed E-state index contributed by atoms with van der Waals surface area (Å²) < 4.78 is 13.3. The van der Waals surface area contributed by atoms with Crippen LogP contribution in [0, 0.1) is 46.3 Å². The van der Waals surface area contributed by atoms with Crippen molar-refractivity contribution < 1.29 is 14.6 Å². The van der Waals surface area contributed by atoms with E-state index in [1.165, 1.54) is 38.5 Å². The Morgan fingerprint density at radius 3 is 2.63 bits per heavy atom. The van der Waals surface area contributed by atoms with Gasteiger partial charge in [-0.05, 0) is 91.8 Å². The molecule has 1 N–H and O–H groups in total. The molecule has 4 aliphatic carbocycles. The van der Waals surface area contributed by atoms with Crippen LogP contribution in [0.15, 0.2) is 11.6 Å². The second-order valence-corrected chi connectivity index (χ2v) is 12.7. The molecule has 2 aliphatic heterocycles. The molecule has 6 aliphatic rings. The minimum Gasteiger partial charge on any atom is -0.393 e. The highest BCUT2D eigenvalue weighted by Gasteiger charge is 2.68. The second kappa shape index (κ2) is 6.58. The largest absolute Gasteiger partial charge is 0.393 e. The van der Waals surface area contributed by atoms with Crippen molar-refractivity contribution in [2.75, 3.05) is 6.61 Å². The summed E-state index contributed by atoms with van der Waals surface area (Å²) >= 11 is 0. The van der Waals surface area contributed by atoms with E-state index < -0.39 is 0 Å². The molecule has 0 amide bonds. The number of fused-ring (bicyclic) bond motifs is 7. The van der Waals surface area contributed by atoms with Crippen molar-refractivity contribution in [3.63, 3.8) is 0 Å². The molecule has 3 saturated carbocycles. The number of rotatable bonds is 0. The maximum absolute atomic E-state index is 10.3. The first-order valence-electron chi connectivity index (χ1n) is 13.0. The SMILES string of the molecule is C[C@@H]1CC[C@]2(OC1)O[C@@H]1C[C@@H]3[C@H]4CC=C5C[C@@H](O)CC[C@]5(C)[C@@H]4CC[C@]3(C)[C@@H]1[C@@H]2C. The van der Waals surface area contributed by atoms with Crippen LogP contribution in [-0.2, 0) is 9.47 Å². The predicted molar refractivity (Wildman–Crippen MR) is 118 cm³/mol. The molecule has 6 rings (SSSR count). The molecular weight excluding hydrogens is 372 g/mol. The summed E-state index contributed by atoms with van der Waals surface area (Å²) in [6.07, 6.45) is 13.5. The van der Waals surface area contributed by atoms with Gasteiger partial charge in [-0.2, -0.15) is 0 Å². The van der Waals surface area contributed by atoms with Gasteiger partial charge in [0.1, 0.15) is 0 Å². The third-order valence-electron chi connectivity index (χ3n) is 11.3. The zero-order chi connectivity index (χ0) is 20.9. The zero-order valence-electron chi connectivity index (χ0n) is 19.5. The molecule has 3 heteroatoms. The molecule has 5 fully saturated rings. The lowest BCUT2D eigenvalue weighted by Gasteiger charge is -2.58. The maximum atomic E-state index is 10.3. The summed E-state index contributed by atoms with van der Waals surface area (Å²) in [7, 11) is 0. The number of hydrogen-bond acceptors (Lipinski definition) is 3. The molecule has 11 atom stereocenters. The quantitative estimate of drug-likeness (QED) is 0.516. The molecule has 168 valence electrons. The van der Waals surface area contributed by atoms with Crippen molar-refractivity contribution in [1.29, 1.82) is 0 Å². The van der Waals surface area contributed by atoms with Gasteiger partial charge in [0.25, 0.3) is 0 Å². The smallest absolute Gasteiger partial charge is 0.171 e. The van der Waals surface area contributed by atoms with Crippen LogP contribution in [0.4, 0.5) is 0 Å². The summed E-state index contributed by atoms with van der Waals surface area (Å²) in [5.74, 6) is 3.94. The van der Waals surface area contributed by atoms with E-state index in [0.717, 1.165) is 43.6 Å². The summed E-state index contributed by atoms with van der Waals surface area (Å²) in [4.78, 5) is 0. The van der Waals surface area contributed by atoms with Crippen molar-refractivity contribution in [2.45, 2.75) is 103 Å². The van der Waals surface area contributed by atoms with Gasteiger partial charge in [0.15, 0.2) is 5.79 Å². The van der Waals surface area contributed by atoms with E-state index in [-0.39, 0.29) is 11.9 Å². The molecular formula is C27H42O3. The molecule has 0 bridgehead atoms. The standard InChI is InChI=1S/C27H42O3/c1-16-7-12-27(29-15-16)17(2)24-23(30-27)14-22-20-6-5-18-13-19(28)8-10-25(18,3)21(20)9-11-26(22,24)4/h5,16-17,19-24,28H,6-15H2,1-4H3/t16-,17+,19+,20+,21-,22-,23-,24-,25+,26+,27+/m1/s1. The normalized spacial score (nSPS) is 59.8. The predicted octanol–water partition coefficient (Wildman–Crippen LogP) is 5.71. The van der Waals surface area contributed by atoms with E-state index >= 15 is 0 Å². The monoisotopic (exact) mass is 414 g/mol. The van der Waals surface area contributed by atoms with Crippen LogP contribution in [0.25, 0.3) is 0 Å². The average molecular weight is 415 g/mol. The average Bonchev–Trinajstić information content (AvgIpc) is 3.16. The van der Waals surface area contributed by atoms with Crippen molar-refractivity contribution in [3.05, 3.63) is 11.6 Å². The Balaban J connectivity index is 1.28. The van der Waals surface area contributed by atoms with Crippen molar-refractivity contribution in [3.8, 4) is 0 Å². The van der Waals surface area contributed by atoms with Crippen LogP contribution in [0.3, 0.4) is 0 Å². The van der Waals surface area contributed by atoms with Crippen LogP contribution in [-0.4, -0.2) is 29.7 Å². The van der Waals surface area contributed by atoms with Crippen molar-refractivity contribution in [1.82, 2.24) is 0 Å². The Hall–Kier alpha value is -0.380. The topological polar surface area (TPSA) is 38.7 Å². The van der Waals surface area contributed by atoms with Gasteiger partial charge in [-0.15, -0.1) is 0 Å². The first kappa shape index (κ1) is 20.2. The molecule has 0 aromatic carbocycles. The fourth-order valence-electron chi connectivity index (χ4n) is 9.66. The first-order valence-corrected chi connectivity index (χ1v) is 13.0. The van der Waals surface area contributed by atoms with Crippen molar-refractivity contribution in [2.24, 2.45) is 46.3 Å². The number of hydrogen-bond donors (Lipinski definition) is 1. The molecule has 0 aromatic heterocycles. The number of allylic oxidation sites excluding steroid dienone is 1. The molecule has 3 nitrogen and oxygen atoms in total. The Kier molecular flexibility index (Phi) is 4.44. The first-order chi connectivity index (χ1) is 14.3. The number of aliphatic hydroxyl groups excluding tert-OH is 1. The summed E-state index contributed by atoms with van der Waals surface area (Å²) in [6, 6.07) is 0. The molecule has 2 heterocycles. The van der Waals surface area contributed by atoms with Crippen molar-refractivity contribution >= 4 is 0 Å². The van der Waals surface area contributed by atoms with E-state index in [4.69, 9.17) is 9.47 Å². The number of ether oxygens (including phenoxy) is 2. The Morgan fingerprint density at radius 1 is 1.03 bits per heavy atom. The van der Waals surface area contributed by atoms with E-state index in [9.17, 15) is 5.11 Å². The van der Waals surface area contributed by atoms with Crippen LogP contribution >= 0.6 is 0 Å². The van der Waals surface area contributed by atoms with E-state index in [2.05, 4.69) is 33.8 Å². The molecule has 0 aromatic rings. The Morgan fingerprint density at radius 2 is 1.87 bits per heavy atom. The fraction of sp³-hybridized carbons (Fsp3) is 0.926. The highest BCUT2D eigenvalue weighted by atomic mass is 16.7. The minimum absolute atomic E-state index is 0.107. The van der Waals surface area contributed by atoms with Gasteiger partial charge in [0, 0.05) is 12.3 Å². The van der Waals surface area contributed by atoms with E-state index in [0.29, 0.717) is 34.7 Å². The highest BCUT2D eigenvalue weighted by molar-refractivity contribution is 5.26. The van der Waals surface area contributed by atoms with Gasteiger partial charge in [-0.25, -0.2) is 0 Å². The lowest BCUT2D eigenvalue weighted by molar-refractivity contribution is -0.272. The van der Waals surface area contributed by atoms with Gasteiger partial charge in [-0.3, -0.25) is 0 Å². The lowest BCUT2D eigenvalue weighted by atomic mass is 9.47. The highest BCUT2D eigenvalue weighted by Crippen LogP contribution is 2.70. The Bertz CT molecular complexity index is 736.